The summed E-state index contributed by atoms with van der Waals surface area (Å²) in [5.41, 5.74) is 0.217. The van der Waals surface area contributed by atoms with Crippen LogP contribution in [0.1, 0.15) is 5.56 Å². The van der Waals surface area contributed by atoms with Gasteiger partial charge in [-0.3, -0.25) is 10.1 Å². The van der Waals surface area contributed by atoms with Crippen LogP contribution >= 0.6 is 27.7 Å². The Bertz CT molecular complexity index is 622. The minimum absolute atomic E-state index is 0.0769. The Labute approximate surface area is 122 Å². The number of aromatic nitrogens is 1. The molecular formula is C12H9BrN2O3S. The molecule has 5 nitrogen and oxygen atoms in total. The number of aliphatic hydroxyl groups is 1. The minimum Gasteiger partial charge on any atom is -0.391 e. The van der Waals surface area contributed by atoms with Crippen LogP contribution in [-0.4, -0.2) is 15.0 Å². The molecule has 98 valence electrons. The largest absolute Gasteiger partial charge is 0.391 e. The van der Waals surface area contributed by atoms with E-state index in [4.69, 9.17) is 0 Å². The molecule has 1 heterocycles. The number of hydrogen-bond acceptors (Lipinski definition) is 5. The van der Waals surface area contributed by atoms with E-state index in [0.717, 1.165) is 14.4 Å². The standard InChI is InChI=1S/C12H9BrN2O3S/c13-10-2-1-5-14-12(10)19-9-3-4-11(15(17)18)8(6-9)7-16/h1-6,16H,7H2. The molecule has 7 heteroatoms. The highest BCUT2D eigenvalue weighted by atomic mass is 79.9. The fourth-order valence-corrected chi connectivity index (χ4v) is 2.83. The van der Waals surface area contributed by atoms with Crippen molar-refractivity contribution in [2.75, 3.05) is 0 Å². The van der Waals surface area contributed by atoms with Crippen LogP contribution in [0.4, 0.5) is 5.69 Å². The molecule has 0 amide bonds. The molecule has 0 bridgehead atoms. The fourth-order valence-electron chi connectivity index (χ4n) is 1.49. The van der Waals surface area contributed by atoms with Gasteiger partial charge in [-0.1, -0.05) is 11.8 Å². The van der Waals surface area contributed by atoms with E-state index in [-0.39, 0.29) is 12.3 Å². The summed E-state index contributed by atoms with van der Waals surface area (Å²) in [6.07, 6.45) is 1.67. The quantitative estimate of drug-likeness (QED) is 0.681. The number of aliphatic hydroxyl groups excluding tert-OH is 1. The summed E-state index contributed by atoms with van der Waals surface area (Å²) in [4.78, 5) is 15.3. The third-order valence-corrected chi connectivity index (χ3v) is 4.27. The molecule has 19 heavy (non-hydrogen) atoms. The summed E-state index contributed by atoms with van der Waals surface area (Å²) in [7, 11) is 0. The zero-order valence-electron chi connectivity index (χ0n) is 9.62. The molecule has 2 rings (SSSR count). The van der Waals surface area contributed by atoms with Crippen LogP contribution < -0.4 is 0 Å². The van der Waals surface area contributed by atoms with Crippen LogP contribution in [0.15, 0.2) is 50.9 Å². The molecule has 0 aliphatic heterocycles. The molecule has 0 aliphatic carbocycles. The van der Waals surface area contributed by atoms with Crippen molar-refractivity contribution < 1.29 is 10.0 Å². The maximum atomic E-state index is 10.8. The maximum absolute atomic E-state index is 10.8. The zero-order chi connectivity index (χ0) is 13.8. The molecule has 1 aromatic carbocycles. The number of nitro benzene ring substituents is 1. The van der Waals surface area contributed by atoms with Crippen molar-refractivity contribution in [1.82, 2.24) is 4.98 Å². The third-order valence-electron chi connectivity index (χ3n) is 2.36. The van der Waals surface area contributed by atoms with Crippen molar-refractivity contribution in [3.05, 3.63) is 56.7 Å². The van der Waals surface area contributed by atoms with E-state index in [9.17, 15) is 15.2 Å². The second-order valence-electron chi connectivity index (χ2n) is 3.60. The molecule has 0 atom stereocenters. The molecule has 0 fully saturated rings. The van der Waals surface area contributed by atoms with Gasteiger partial charge in [0.2, 0.25) is 0 Å². The van der Waals surface area contributed by atoms with Gasteiger partial charge in [-0.2, -0.15) is 0 Å². The van der Waals surface area contributed by atoms with Crippen molar-refractivity contribution in [2.24, 2.45) is 0 Å². The first kappa shape index (κ1) is 14.0. The van der Waals surface area contributed by atoms with Crippen LogP contribution in [-0.2, 0) is 6.61 Å². The van der Waals surface area contributed by atoms with Crippen LogP contribution in [0.3, 0.4) is 0 Å². The molecule has 0 unspecified atom stereocenters. The Morgan fingerprint density at radius 3 is 2.84 bits per heavy atom. The van der Waals surface area contributed by atoms with Gasteiger partial charge in [0.05, 0.1) is 21.6 Å². The number of hydrogen-bond donors (Lipinski definition) is 1. The van der Waals surface area contributed by atoms with Gasteiger partial charge in [0.15, 0.2) is 0 Å². The second kappa shape index (κ2) is 6.14. The summed E-state index contributed by atoms with van der Waals surface area (Å²) < 4.78 is 0.851. The predicted octanol–water partition coefficient (Wildman–Crippen LogP) is 3.40. The molecule has 0 saturated heterocycles. The van der Waals surface area contributed by atoms with Crippen molar-refractivity contribution >= 4 is 33.4 Å². The fraction of sp³-hybridized carbons (Fsp3) is 0.0833. The van der Waals surface area contributed by atoms with E-state index < -0.39 is 4.92 Å². The highest BCUT2D eigenvalue weighted by molar-refractivity contribution is 9.10. The number of rotatable bonds is 4. The Morgan fingerprint density at radius 1 is 1.42 bits per heavy atom. The van der Waals surface area contributed by atoms with Crippen molar-refractivity contribution in [1.29, 1.82) is 0 Å². The van der Waals surface area contributed by atoms with Gasteiger partial charge in [-0.15, -0.1) is 0 Å². The van der Waals surface area contributed by atoms with Gasteiger partial charge in [-0.25, -0.2) is 4.98 Å². The van der Waals surface area contributed by atoms with Crippen LogP contribution in [0.5, 0.6) is 0 Å². The van der Waals surface area contributed by atoms with Gasteiger partial charge >= 0.3 is 0 Å². The Kier molecular flexibility index (Phi) is 4.52. The SMILES string of the molecule is O=[N+]([O-])c1ccc(Sc2ncccc2Br)cc1CO. The lowest BCUT2D eigenvalue weighted by Crippen LogP contribution is -1.95. The van der Waals surface area contributed by atoms with Gasteiger partial charge in [0, 0.05) is 17.2 Å². The monoisotopic (exact) mass is 340 g/mol. The average Bonchev–Trinajstić information content (AvgIpc) is 2.41. The summed E-state index contributed by atoms with van der Waals surface area (Å²) in [5, 5.41) is 20.7. The first-order valence-electron chi connectivity index (χ1n) is 5.28. The van der Waals surface area contributed by atoms with Crippen LogP contribution in [0.2, 0.25) is 0 Å². The normalized spacial score (nSPS) is 10.4. The van der Waals surface area contributed by atoms with Crippen molar-refractivity contribution in [3.8, 4) is 0 Å². The number of benzene rings is 1. The van der Waals surface area contributed by atoms with E-state index in [1.54, 1.807) is 18.3 Å². The van der Waals surface area contributed by atoms with Crippen molar-refractivity contribution in [2.45, 2.75) is 16.5 Å². The number of pyridine rings is 1. The summed E-state index contributed by atoms with van der Waals surface area (Å²) in [6.45, 7) is -0.367. The van der Waals surface area contributed by atoms with E-state index >= 15 is 0 Å². The van der Waals surface area contributed by atoms with Gasteiger partial charge in [0.25, 0.3) is 5.69 Å². The Morgan fingerprint density at radius 2 is 2.21 bits per heavy atom. The third kappa shape index (κ3) is 3.31. The molecule has 0 radical (unpaired) electrons. The van der Waals surface area contributed by atoms with E-state index in [0.29, 0.717) is 5.56 Å². The predicted molar refractivity (Wildman–Crippen MR) is 75.1 cm³/mol. The summed E-state index contributed by atoms with van der Waals surface area (Å²) in [5.74, 6) is 0. The lowest BCUT2D eigenvalue weighted by atomic mass is 10.2. The Hall–Kier alpha value is -1.44. The molecule has 0 aliphatic rings. The summed E-state index contributed by atoms with van der Waals surface area (Å²) in [6, 6.07) is 8.31. The molecule has 1 aromatic heterocycles. The second-order valence-corrected chi connectivity index (χ2v) is 5.51. The minimum atomic E-state index is -0.503. The molecule has 0 saturated carbocycles. The number of halogens is 1. The highest BCUT2D eigenvalue weighted by Gasteiger charge is 2.14. The Balaban J connectivity index is 2.32. The highest BCUT2D eigenvalue weighted by Crippen LogP contribution is 2.33. The topological polar surface area (TPSA) is 76.3 Å². The van der Waals surface area contributed by atoms with E-state index in [2.05, 4.69) is 20.9 Å². The van der Waals surface area contributed by atoms with E-state index in [1.807, 2.05) is 12.1 Å². The lowest BCUT2D eigenvalue weighted by Gasteiger charge is -2.05. The molecule has 1 N–H and O–H groups in total. The van der Waals surface area contributed by atoms with Crippen molar-refractivity contribution in [3.63, 3.8) is 0 Å². The number of nitro groups is 1. The smallest absolute Gasteiger partial charge is 0.274 e. The first-order valence-corrected chi connectivity index (χ1v) is 6.89. The van der Waals surface area contributed by atoms with Gasteiger partial charge in [0.1, 0.15) is 5.03 Å². The van der Waals surface area contributed by atoms with Gasteiger partial charge in [-0.05, 0) is 40.2 Å². The van der Waals surface area contributed by atoms with Crippen LogP contribution in [0.25, 0.3) is 0 Å². The van der Waals surface area contributed by atoms with Gasteiger partial charge < -0.3 is 5.11 Å². The average molecular weight is 341 g/mol. The zero-order valence-corrected chi connectivity index (χ0v) is 12.0. The van der Waals surface area contributed by atoms with E-state index in [1.165, 1.54) is 17.8 Å². The molecule has 0 spiro atoms. The summed E-state index contributed by atoms with van der Waals surface area (Å²) >= 11 is 4.76. The first-order chi connectivity index (χ1) is 9.11. The lowest BCUT2D eigenvalue weighted by molar-refractivity contribution is -0.385. The molecule has 2 aromatic rings. The molecular weight excluding hydrogens is 332 g/mol. The van der Waals surface area contributed by atoms with Crippen LogP contribution in [0, 0.1) is 10.1 Å². The maximum Gasteiger partial charge on any atom is 0.274 e. The number of nitrogens with zero attached hydrogens (tertiary/aromatic N) is 2.